The van der Waals surface area contributed by atoms with Crippen LogP contribution in [0.5, 0.6) is 11.5 Å². The first kappa shape index (κ1) is 68.7. The monoisotopic (exact) mass is 1270 g/mol. The predicted molar refractivity (Wildman–Crippen MR) is 326 cm³/mol. The molecule has 30 nitrogen and oxygen atoms in total. The highest BCUT2D eigenvalue weighted by Gasteiger charge is 2.32. The van der Waals surface area contributed by atoms with Gasteiger partial charge in [-0.3, -0.25) is 57.5 Å². The number of phenolic OH excluding ortho intramolecular Hbond substituents is 2. The molecule has 4 aromatic rings. The van der Waals surface area contributed by atoms with Crippen LogP contribution >= 0.6 is 22.7 Å². The van der Waals surface area contributed by atoms with Crippen LogP contribution in [0.25, 0.3) is 0 Å². The lowest BCUT2D eigenvalue weighted by atomic mass is 10.00. The predicted octanol–water partition coefficient (Wildman–Crippen LogP) is -2.54. The third-order valence-corrected chi connectivity index (χ3v) is 16.0. The molecule has 0 unspecified atom stereocenters. The molecule has 0 spiro atoms. The number of phenols is 2. The van der Waals surface area contributed by atoms with Crippen LogP contribution in [0.15, 0.2) is 48.8 Å². The number of anilines is 2. The number of hydrogen-bond acceptors (Lipinski definition) is 20. The fraction of sp³-hybridized carbons (Fsp3) is 0.474. The number of carbonyl (C=O) groups excluding carboxylic acids is 12. The smallest absolute Gasteiger partial charge is 0.243 e. The molecule has 8 bridgehead atoms. The molecule has 2 aliphatic heterocycles. The van der Waals surface area contributed by atoms with Crippen molar-refractivity contribution in [2.45, 2.75) is 148 Å². The van der Waals surface area contributed by atoms with Crippen LogP contribution in [0.3, 0.4) is 0 Å². The van der Waals surface area contributed by atoms with Crippen molar-refractivity contribution in [3.05, 3.63) is 80.8 Å². The Bertz CT molecular complexity index is 3300. The molecule has 0 aliphatic carbocycles. The number of nitrogens with one attached hydrogen (secondary N) is 14. The van der Waals surface area contributed by atoms with E-state index in [0.29, 0.717) is 56.9 Å². The van der Waals surface area contributed by atoms with Gasteiger partial charge < -0.3 is 84.6 Å². The summed E-state index contributed by atoms with van der Waals surface area (Å²) in [7, 11) is 0. The Labute approximate surface area is 520 Å². The number of fused-ring (bicyclic) bond motifs is 8. The van der Waals surface area contributed by atoms with Gasteiger partial charge in [0.05, 0.1) is 13.1 Å². The Morgan fingerprint density at radius 2 is 1.00 bits per heavy atom. The molecule has 32 heteroatoms. The first-order valence-electron chi connectivity index (χ1n) is 28.7. The number of aromatic nitrogens is 2. The highest BCUT2D eigenvalue weighted by Crippen LogP contribution is 2.29. The first-order valence-corrected chi connectivity index (χ1v) is 30.3. The summed E-state index contributed by atoms with van der Waals surface area (Å²) in [5.74, 6) is -9.15. The zero-order chi connectivity index (χ0) is 65.2. The number of aromatic hydroxyl groups is 2. The van der Waals surface area contributed by atoms with Crippen molar-refractivity contribution in [3.8, 4) is 11.5 Å². The van der Waals surface area contributed by atoms with E-state index in [-0.39, 0.29) is 43.7 Å². The molecule has 2 aromatic heterocycles. The van der Waals surface area contributed by atoms with Crippen molar-refractivity contribution in [3.63, 3.8) is 0 Å². The molecule has 2 aromatic carbocycles. The standard InChI is InChI=1S/C57H76N16O14S2/c1-26-46(78)58-14-9-15-59-56-61-22-38(88-56)20-36-16-34(10-12-42(36)74)18-40(54(86)70-32(7)52(84)68-29(4)49(81)65-26)72-45(77)24-60-47(79)27(2)66-51(83)31(6)71-55(87)41-19-35-11-13-43(75)37(17-35)21-39-23-62-57(89-39)63-25-44(76)64-28(3)48(80)67-30(5)50(82)69-33(8)53(85)73-41/h10-13,16-17,22-23,26-33,40-41,74-75H,9,14-15,18-21,24-25H2,1-8H3,(H,58,78)(H,59,61)(H,60,79)(H,62,63)(H,64,76)(H,65,81)(H,66,83)(H,67,80)(H,68,84)(H,69,82)(H,70,86)(H,71,87)(H,72,77)(H,73,85)/t26-,27-,28-,29-,30-,31-,32-,33-,40-,41-/m0/s1. The van der Waals surface area contributed by atoms with Crippen molar-refractivity contribution < 1.29 is 67.7 Å². The summed E-state index contributed by atoms with van der Waals surface area (Å²) < 4.78 is 0. The van der Waals surface area contributed by atoms with Gasteiger partial charge in [-0.1, -0.05) is 24.3 Å². The minimum atomic E-state index is -1.41. The Morgan fingerprint density at radius 3 is 1.54 bits per heavy atom. The van der Waals surface area contributed by atoms with Crippen LogP contribution in [0.4, 0.5) is 10.3 Å². The van der Waals surface area contributed by atoms with Gasteiger partial charge in [-0.05, 0) is 96.2 Å². The molecule has 89 heavy (non-hydrogen) atoms. The van der Waals surface area contributed by atoms with E-state index in [2.05, 4.69) is 84.4 Å². The van der Waals surface area contributed by atoms with Crippen LogP contribution in [-0.2, 0) is 83.2 Å². The number of nitrogens with zero attached hydrogens (tertiary/aromatic N) is 2. The lowest BCUT2D eigenvalue weighted by Gasteiger charge is -2.25. The average molecular weight is 1270 g/mol. The maximum absolute atomic E-state index is 14.1. The second-order valence-corrected chi connectivity index (χ2v) is 23.9. The number of thiazole rings is 2. The third kappa shape index (κ3) is 20.9. The summed E-state index contributed by atoms with van der Waals surface area (Å²) in [5.41, 5.74) is 1.84. The lowest BCUT2D eigenvalue weighted by Crippen LogP contribution is -2.59. The van der Waals surface area contributed by atoms with Gasteiger partial charge in [0, 0.05) is 60.9 Å². The molecular weight excluding hydrogens is 1200 g/mol. The fourth-order valence-electron chi connectivity index (χ4n) is 8.83. The summed E-state index contributed by atoms with van der Waals surface area (Å²) in [6.07, 6.45) is 3.76. The molecule has 0 saturated carbocycles. The second-order valence-electron chi connectivity index (χ2n) is 21.7. The molecule has 0 fully saturated rings. The quantitative estimate of drug-likeness (QED) is 0.0864. The van der Waals surface area contributed by atoms with Gasteiger partial charge in [0.25, 0.3) is 0 Å². The first-order chi connectivity index (χ1) is 42.1. The van der Waals surface area contributed by atoms with E-state index in [1.807, 2.05) is 0 Å². The lowest BCUT2D eigenvalue weighted by molar-refractivity contribution is -0.135. The van der Waals surface area contributed by atoms with E-state index in [1.54, 1.807) is 30.6 Å². The third-order valence-electron chi connectivity index (χ3n) is 14.1. The van der Waals surface area contributed by atoms with Gasteiger partial charge >= 0.3 is 0 Å². The van der Waals surface area contributed by atoms with Gasteiger partial charge in [-0.25, -0.2) is 9.97 Å². The largest absolute Gasteiger partial charge is 0.508 e. The number of carbonyl (C=O) groups is 12. The molecule has 10 atom stereocenters. The highest BCUT2D eigenvalue weighted by atomic mass is 32.1. The van der Waals surface area contributed by atoms with E-state index >= 15 is 0 Å². The van der Waals surface area contributed by atoms with Crippen molar-refractivity contribution >= 4 is 104 Å². The van der Waals surface area contributed by atoms with Crippen molar-refractivity contribution in [1.29, 1.82) is 0 Å². The molecule has 4 heterocycles. The molecule has 6 rings (SSSR count). The Hall–Kier alpha value is -9.46. The van der Waals surface area contributed by atoms with Gasteiger partial charge in [0.15, 0.2) is 10.3 Å². The van der Waals surface area contributed by atoms with Crippen LogP contribution < -0.4 is 74.4 Å². The topological polar surface area (TPSA) is 439 Å². The molecule has 12 amide bonds. The number of benzene rings is 2. The van der Waals surface area contributed by atoms with Gasteiger partial charge in [0.2, 0.25) is 70.9 Å². The Balaban J connectivity index is 1.11. The van der Waals surface area contributed by atoms with E-state index in [9.17, 15) is 67.7 Å². The highest BCUT2D eigenvalue weighted by molar-refractivity contribution is 7.15. The van der Waals surface area contributed by atoms with Gasteiger partial charge in [-0.15, -0.1) is 22.7 Å². The van der Waals surface area contributed by atoms with Crippen LogP contribution in [0.2, 0.25) is 0 Å². The van der Waals surface area contributed by atoms with Crippen LogP contribution in [-0.4, -0.2) is 178 Å². The zero-order valence-corrected chi connectivity index (χ0v) is 51.9. The van der Waals surface area contributed by atoms with Gasteiger partial charge in [-0.2, -0.15) is 0 Å². The zero-order valence-electron chi connectivity index (χ0n) is 50.3. The van der Waals surface area contributed by atoms with Gasteiger partial charge in [0.1, 0.15) is 71.9 Å². The Morgan fingerprint density at radius 1 is 0.551 bits per heavy atom. The maximum Gasteiger partial charge on any atom is 0.243 e. The average Bonchev–Trinajstić information content (AvgIpc) is 4.30. The molecule has 2 aliphatic rings. The van der Waals surface area contributed by atoms with Crippen molar-refractivity contribution in [2.75, 3.05) is 36.8 Å². The normalized spacial score (nSPS) is 23.1. The number of hydrogen-bond donors (Lipinski definition) is 16. The van der Waals surface area contributed by atoms with Crippen LogP contribution in [0.1, 0.15) is 93.8 Å². The van der Waals surface area contributed by atoms with E-state index in [4.69, 9.17) is 0 Å². The summed E-state index contributed by atoms with van der Waals surface area (Å²) in [4.78, 5) is 170. The van der Waals surface area contributed by atoms with E-state index in [0.717, 1.165) is 4.88 Å². The maximum atomic E-state index is 14.1. The molecule has 480 valence electrons. The van der Waals surface area contributed by atoms with Crippen molar-refractivity contribution in [2.24, 2.45) is 0 Å². The van der Waals surface area contributed by atoms with Crippen molar-refractivity contribution in [1.82, 2.24) is 73.8 Å². The van der Waals surface area contributed by atoms with Crippen LogP contribution in [0, 0.1) is 0 Å². The van der Waals surface area contributed by atoms with E-state index in [1.165, 1.54) is 96.3 Å². The molecule has 0 saturated heterocycles. The summed E-state index contributed by atoms with van der Waals surface area (Å²) >= 11 is 2.54. The second kappa shape index (κ2) is 32.0. The summed E-state index contributed by atoms with van der Waals surface area (Å²) in [5, 5.41) is 59.2. The minimum absolute atomic E-state index is 0.0497. The number of rotatable bonds is 8. The van der Waals surface area contributed by atoms with E-state index < -0.39 is 138 Å². The summed E-state index contributed by atoms with van der Waals surface area (Å²) in [6, 6.07) is -3.19. The molecule has 16 N–H and O–H groups in total. The SMILES string of the molecule is C[C@@H]1NC(=O)CNc2ncc(s2)Cc2cc(ccc2O)C[C@@H](C(=O)N[C@@H](C)C(=O)N[C@@H](C)C(=O)NCC(=O)N[C@H]2Cc3ccc(O)c(c3)Cc3cnc(s3)NCCCNC(=O)[C@H](C)NC(=O)[C@H](C)NC(=O)[C@H](C)NC2=O)NC(=O)[C@H](C)NC(=O)[C@H](C)NC1=O. The Kier molecular flexibility index (Phi) is 24.7. The molecule has 0 radical (unpaired) electrons. The number of amides is 12. The minimum Gasteiger partial charge on any atom is -0.508 e. The summed E-state index contributed by atoms with van der Waals surface area (Å²) in [6.45, 7) is 10.8. The molecular formula is C57H76N16O14S2. The fourth-order valence-corrected chi connectivity index (χ4v) is 10.5.